The number of hydrogen-bond acceptors (Lipinski definition) is 3. The van der Waals surface area contributed by atoms with E-state index in [9.17, 15) is 4.79 Å². The van der Waals surface area contributed by atoms with Crippen LogP contribution < -0.4 is 0 Å². The molecule has 0 aliphatic carbocycles. The number of rotatable bonds is 6. The van der Waals surface area contributed by atoms with Gasteiger partial charge < -0.3 is 10.0 Å². The summed E-state index contributed by atoms with van der Waals surface area (Å²) in [4.78, 5) is 13.8. The number of aliphatic hydroxyl groups is 1. The maximum Gasteiger partial charge on any atom is 0.257 e. The van der Waals surface area contributed by atoms with Crippen molar-refractivity contribution in [2.24, 2.45) is 0 Å². The molecule has 0 atom stereocenters. The third kappa shape index (κ3) is 3.13. The second-order valence-electron chi connectivity index (χ2n) is 4.27. The standard InChI is InChI=1S/C15H17N3O2/c1-2-8-17(9-10-19)15(20)13-11-16-18(12-13)14-6-4-3-5-7-14/h2-7,11-12,19H,1,8-10H2. The lowest BCUT2D eigenvalue weighted by Crippen LogP contribution is -2.33. The number of hydrogen-bond donors (Lipinski definition) is 1. The van der Waals surface area contributed by atoms with Gasteiger partial charge in [0.2, 0.25) is 0 Å². The number of amides is 1. The van der Waals surface area contributed by atoms with Crippen molar-refractivity contribution in [2.75, 3.05) is 19.7 Å². The fraction of sp³-hybridized carbons (Fsp3) is 0.200. The van der Waals surface area contributed by atoms with E-state index in [0.29, 0.717) is 12.1 Å². The number of nitrogens with zero attached hydrogens (tertiary/aromatic N) is 3. The zero-order valence-electron chi connectivity index (χ0n) is 11.1. The van der Waals surface area contributed by atoms with Gasteiger partial charge >= 0.3 is 0 Å². The topological polar surface area (TPSA) is 58.4 Å². The van der Waals surface area contributed by atoms with E-state index in [0.717, 1.165) is 5.69 Å². The third-order valence-corrected chi connectivity index (χ3v) is 2.86. The Morgan fingerprint density at radius 1 is 1.40 bits per heavy atom. The predicted octanol–water partition coefficient (Wildman–Crippen LogP) is 1.49. The van der Waals surface area contributed by atoms with Crippen molar-refractivity contribution in [2.45, 2.75) is 0 Å². The summed E-state index contributed by atoms with van der Waals surface area (Å²) in [6.07, 6.45) is 4.85. The van der Waals surface area contributed by atoms with Gasteiger partial charge in [-0.1, -0.05) is 24.3 Å². The summed E-state index contributed by atoms with van der Waals surface area (Å²) in [6, 6.07) is 9.57. The summed E-state index contributed by atoms with van der Waals surface area (Å²) in [5.74, 6) is -0.166. The summed E-state index contributed by atoms with van der Waals surface area (Å²) in [7, 11) is 0. The molecule has 1 aromatic carbocycles. The molecule has 0 aliphatic rings. The van der Waals surface area contributed by atoms with Gasteiger partial charge in [0.05, 0.1) is 24.1 Å². The predicted molar refractivity (Wildman–Crippen MR) is 76.8 cm³/mol. The molecule has 0 unspecified atom stereocenters. The van der Waals surface area contributed by atoms with Crippen LogP contribution in [0.25, 0.3) is 5.69 Å². The lowest BCUT2D eigenvalue weighted by atomic mass is 10.3. The highest BCUT2D eigenvalue weighted by Gasteiger charge is 2.16. The Balaban J connectivity index is 2.19. The summed E-state index contributed by atoms with van der Waals surface area (Å²) in [5, 5.41) is 13.2. The fourth-order valence-electron chi connectivity index (χ4n) is 1.89. The van der Waals surface area contributed by atoms with Crippen LogP contribution in [-0.4, -0.2) is 45.4 Å². The Kier molecular flexibility index (Phi) is 4.68. The normalized spacial score (nSPS) is 10.2. The van der Waals surface area contributed by atoms with E-state index in [1.807, 2.05) is 30.3 Å². The van der Waals surface area contributed by atoms with E-state index in [1.165, 1.54) is 11.1 Å². The van der Waals surface area contributed by atoms with Gasteiger partial charge in [0, 0.05) is 19.3 Å². The Bertz CT molecular complexity index is 578. The number of aliphatic hydroxyl groups excluding tert-OH is 1. The SMILES string of the molecule is C=CCN(CCO)C(=O)c1cnn(-c2ccccc2)c1. The van der Waals surface area contributed by atoms with Gasteiger partial charge in [-0.25, -0.2) is 4.68 Å². The number of carbonyl (C=O) groups excluding carboxylic acids is 1. The molecule has 0 saturated heterocycles. The van der Waals surface area contributed by atoms with Crippen molar-refractivity contribution in [3.05, 3.63) is 60.9 Å². The average Bonchev–Trinajstić information content (AvgIpc) is 2.97. The van der Waals surface area contributed by atoms with E-state index in [4.69, 9.17) is 5.11 Å². The summed E-state index contributed by atoms with van der Waals surface area (Å²) in [6.45, 7) is 4.22. The highest BCUT2D eigenvalue weighted by Crippen LogP contribution is 2.09. The quantitative estimate of drug-likeness (QED) is 0.810. The summed E-state index contributed by atoms with van der Waals surface area (Å²) < 4.78 is 1.65. The number of para-hydroxylation sites is 1. The molecule has 5 heteroatoms. The second-order valence-corrected chi connectivity index (χ2v) is 4.27. The molecular formula is C15H17N3O2. The molecule has 1 heterocycles. The van der Waals surface area contributed by atoms with E-state index in [2.05, 4.69) is 11.7 Å². The lowest BCUT2D eigenvalue weighted by Gasteiger charge is -2.18. The van der Waals surface area contributed by atoms with Crippen molar-refractivity contribution in [3.8, 4) is 5.69 Å². The van der Waals surface area contributed by atoms with Crippen LogP contribution in [0.1, 0.15) is 10.4 Å². The fourth-order valence-corrected chi connectivity index (χ4v) is 1.89. The lowest BCUT2D eigenvalue weighted by molar-refractivity contribution is 0.0743. The molecule has 1 amide bonds. The average molecular weight is 271 g/mol. The van der Waals surface area contributed by atoms with Gasteiger partial charge in [0.25, 0.3) is 5.91 Å². The Hall–Kier alpha value is -2.40. The molecule has 0 aliphatic heterocycles. The zero-order chi connectivity index (χ0) is 14.4. The molecule has 2 rings (SSSR count). The molecule has 0 saturated carbocycles. The van der Waals surface area contributed by atoms with Crippen LogP contribution in [0.3, 0.4) is 0 Å². The van der Waals surface area contributed by atoms with Crippen molar-refractivity contribution >= 4 is 5.91 Å². The highest BCUT2D eigenvalue weighted by atomic mass is 16.3. The third-order valence-electron chi connectivity index (χ3n) is 2.86. The van der Waals surface area contributed by atoms with Crippen LogP contribution in [0.4, 0.5) is 0 Å². The number of aromatic nitrogens is 2. The Morgan fingerprint density at radius 3 is 2.80 bits per heavy atom. The molecule has 1 N–H and O–H groups in total. The number of carbonyl (C=O) groups is 1. The number of benzene rings is 1. The molecule has 0 spiro atoms. The van der Waals surface area contributed by atoms with Crippen LogP contribution in [0, 0.1) is 0 Å². The minimum Gasteiger partial charge on any atom is -0.395 e. The molecule has 0 bridgehead atoms. The van der Waals surface area contributed by atoms with Gasteiger partial charge in [-0.3, -0.25) is 4.79 Å². The van der Waals surface area contributed by atoms with Gasteiger partial charge in [-0.2, -0.15) is 5.10 Å². The first-order valence-electron chi connectivity index (χ1n) is 6.37. The molecule has 2 aromatic rings. The highest BCUT2D eigenvalue weighted by molar-refractivity contribution is 5.93. The second kappa shape index (κ2) is 6.68. The minimum atomic E-state index is -0.166. The van der Waals surface area contributed by atoms with E-state index in [-0.39, 0.29) is 19.1 Å². The molecule has 0 radical (unpaired) electrons. The van der Waals surface area contributed by atoms with Crippen molar-refractivity contribution in [3.63, 3.8) is 0 Å². The van der Waals surface area contributed by atoms with Crippen LogP contribution >= 0.6 is 0 Å². The van der Waals surface area contributed by atoms with E-state index in [1.54, 1.807) is 17.0 Å². The summed E-state index contributed by atoms with van der Waals surface area (Å²) >= 11 is 0. The van der Waals surface area contributed by atoms with Crippen molar-refractivity contribution in [1.29, 1.82) is 0 Å². The molecule has 20 heavy (non-hydrogen) atoms. The van der Waals surface area contributed by atoms with Gasteiger partial charge in [0.1, 0.15) is 0 Å². The van der Waals surface area contributed by atoms with Gasteiger partial charge in [0.15, 0.2) is 0 Å². The van der Waals surface area contributed by atoms with Crippen molar-refractivity contribution < 1.29 is 9.90 Å². The van der Waals surface area contributed by atoms with Gasteiger partial charge in [-0.15, -0.1) is 6.58 Å². The minimum absolute atomic E-state index is 0.0770. The maximum absolute atomic E-state index is 12.3. The van der Waals surface area contributed by atoms with Crippen LogP contribution in [0.15, 0.2) is 55.4 Å². The van der Waals surface area contributed by atoms with E-state index >= 15 is 0 Å². The first-order chi connectivity index (χ1) is 9.76. The molecular weight excluding hydrogens is 254 g/mol. The monoisotopic (exact) mass is 271 g/mol. The zero-order valence-corrected chi connectivity index (χ0v) is 11.1. The van der Waals surface area contributed by atoms with Crippen LogP contribution in [0.2, 0.25) is 0 Å². The van der Waals surface area contributed by atoms with Crippen LogP contribution in [0.5, 0.6) is 0 Å². The first-order valence-corrected chi connectivity index (χ1v) is 6.37. The molecule has 5 nitrogen and oxygen atoms in total. The van der Waals surface area contributed by atoms with Gasteiger partial charge in [-0.05, 0) is 12.1 Å². The van der Waals surface area contributed by atoms with Crippen molar-refractivity contribution in [1.82, 2.24) is 14.7 Å². The van der Waals surface area contributed by atoms with E-state index < -0.39 is 0 Å². The molecule has 104 valence electrons. The Labute approximate surface area is 117 Å². The maximum atomic E-state index is 12.3. The summed E-state index contributed by atoms with van der Waals surface area (Å²) in [5.41, 5.74) is 1.38. The smallest absolute Gasteiger partial charge is 0.257 e. The largest absolute Gasteiger partial charge is 0.395 e. The molecule has 1 aromatic heterocycles. The van der Waals surface area contributed by atoms with Crippen LogP contribution in [-0.2, 0) is 0 Å². The molecule has 0 fully saturated rings. The first kappa shape index (κ1) is 14.0. The Morgan fingerprint density at radius 2 is 2.15 bits per heavy atom.